The molecule has 1 aromatic heterocycles. The van der Waals surface area contributed by atoms with E-state index >= 15 is 0 Å². The predicted octanol–water partition coefficient (Wildman–Crippen LogP) is 1.76. The van der Waals surface area contributed by atoms with Crippen LogP contribution in [0, 0.1) is 17.1 Å². The Balaban J connectivity index is 2.84. The molecule has 0 amide bonds. The summed E-state index contributed by atoms with van der Waals surface area (Å²) in [6.07, 6.45) is 0. The van der Waals surface area contributed by atoms with Gasteiger partial charge in [0.15, 0.2) is 0 Å². The second-order valence-electron chi connectivity index (χ2n) is 2.75. The Kier molecular flexibility index (Phi) is 1.46. The largest absolute Gasteiger partial charge is 0.398 e. The lowest BCUT2D eigenvalue weighted by molar-refractivity contribution is 0.630. The highest BCUT2D eigenvalue weighted by Gasteiger charge is 2.04. The second-order valence-corrected chi connectivity index (χ2v) is 2.75. The van der Waals surface area contributed by atoms with Gasteiger partial charge in [0.25, 0.3) is 0 Å². The lowest BCUT2D eigenvalue weighted by Gasteiger charge is -1.95. The Labute approximate surface area is 73.6 Å². The van der Waals surface area contributed by atoms with E-state index in [4.69, 9.17) is 11.0 Å². The van der Waals surface area contributed by atoms with E-state index in [1.54, 1.807) is 6.07 Å². The van der Waals surface area contributed by atoms with Crippen molar-refractivity contribution in [1.29, 1.82) is 5.26 Å². The molecule has 4 heteroatoms. The van der Waals surface area contributed by atoms with Crippen LogP contribution in [0.2, 0.25) is 0 Å². The smallest absolute Gasteiger partial charge is 0.127 e. The van der Waals surface area contributed by atoms with Crippen LogP contribution >= 0.6 is 0 Å². The Bertz CT molecular complexity index is 507. The molecular weight excluding hydrogens is 169 g/mol. The maximum atomic E-state index is 12.8. The molecule has 0 fully saturated rings. The van der Waals surface area contributed by atoms with Gasteiger partial charge in [-0.15, -0.1) is 0 Å². The molecule has 0 aliphatic heterocycles. The van der Waals surface area contributed by atoms with Crippen molar-refractivity contribution >= 4 is 16.6 Å². The van der Waals surface area contributed by atoms with Gasteiger partial charge in [0.1, 0.15) is 17.6 Å². The third-order valence-corrected chi connectivity index (χ3v) is 1.86. The summed E-state index contributed by atoms with van der Waals surface area (Å²) < 4.78 is 12.8. The van der Waals surface area contributed by atoms with Crippen molar-refractivity contribution in [3.05, 3.63) is 29.7 Å². The van der Waals surface area contributed by atoms with Crippen LogP contribution in [0.1, 0.15) is 5.69 Å². The third-order valence-electron chi connectivity index (χ3n) is 1.86. The Morgan fingerprint density at radius 3 is 2.85 bits per heavy atom. The first-order chi connectivity index (χ1) is 6.20. The average molecular weight is 175 g/mol. The lowest BCUT2D eigenvalue weighted by Crippen LogP contribution is -1.86. The molecule has 0 atom stereocenters. The molecule has 0 spiro atoms. The minimum absolute atomic E-state index is 0.341. The van der Waals surface area contributed by atoms with E-state index in [1.807, 2.05) is 6.07 Å². The zero-order valence-electron chi connectivity index (χ0n) is 6.63. The van der Waals surface area contributed by atoms with Crippen LogP contribution in [0.3, 0.4) is 0 Å². The maximum absolute atomic E-state index is 12.8. The van der Waals surface area contributed by atoms with Crippen LogP contribution in [0.5, 0.6) is 0 Å². The topological polar surface area (TPSA) is 65.6 Å². The molecule has 0 aliphatic rings. The number of nitrogens with one attached hydrogen (secondary N) is 1. The number of benzene rings is 1. The van der Waals surface area contributed by atoms with Crippen LogP contribution in [-0.4, -0.2) is 4.98 Å². The second kappa shape index (κ2) is 2.49. The molecule has 0 saturated heterocycles. The van der Waals surface area contributed by atoms with Gasteiger partial charge in [-0.1, -0.05) is 0 Å². The number of halogens is 1. The summed E-state index contributed by atoms with van der Waals surface area (Å²) in [6.45, 7) is 0. The molecule has 0 radical (unpaired) electrons. The molecule has 64 valence electrons. The number of aromatic amines is 1. The minimum Gasteiger partial charge on any atom is -0.398 e. The van der Waals surface area contributed by atoms with E-state index in [0.29, 0.717) is 22.3 Å². The quantitative estimate of drug-likeness (QED) is 0.599. The van der Waals surface area contributed by atoms with Gasteiger partial charge in [0, 0.05) is 11.1 Å². The van der Waals surface area contributed by atoms with Gasteiger partial charge in [-0.25, -0.2) is 4.39 Å². The molecule has 3 nitrogen and oxygen atoms in total. The number of nitriles is 1. The monoisotopic (exact) mass is 175 g/mol. The van der Waals surface area contributed by atoms with Crippen molar-refractivity contribution < 1.29 is 4.39 Å². The lowest BCUT2D eigenvalue weighted by atomic mass is 10.2. The number of hydrogen-bond donors (Lipinski definition) is 2. The molecule has 0 unspecified atom stereocenters. The Hall–Kier alpha value is -2.02. The predicted molar refractivity (Wildman–Crippen MR) is 47.4 cm³/mol. The molecular formula is C9H6FN3. The van der Waals surface area contributed by atoms with Crippen LogP contribution in [0.15, 0.2) is 18.2 Å². The fourth-order valence-corrected chi connectivity index (χ4v) is 1.29. The summed E-state index contributed by atoms with van der Waals surface area (Å²) in [5.41, 5.74) is 6.83. The SMILES string of the molecule is N#Cc1cc2c(N)cc(F)cc2[nH]1. The van der Waals surface area contributed by atoms with Gasteiger partial charge >= 0.3 is 0 Å². The summed E-state index contributed by atoms with van der Waals surface area (Å²) in [6, 6.07) is 6.08. The van der Waals surface area contributed by atoms with Crippen LogP contribution in [0.25, 0.3) is 10.9 Å². The fraction of sp³-hybridized carbons (Fsp3) is 0. The molecule has 2 rings (SSSR count). The molecule has 2 aromatic rings. The normalized spacial score (nSPS) is 10.2. The fourth-order valence-electron chi connectivity index (χ4n) is 1.29. The average Bonchev–Trinajstić information content (AvgIpc) is 2.47. The standard InChI is InChI=1S/C9H6FN3/c10-5-1-8(12)7-3-6(4-11)13-9(7)2-5/h1-3,13H,12H2. The van der Waals surface area contributed by atoms with E-state index in [-0.39, 0.29) is 0 Å². The van der Waals surface area contributed by atoms with Crippen LogP contribution in [0.4, 0.5) is 10.1 Å². The number of aromatic nitrogens is 1. The van der Waals surface area contributed by atoms with E-state index in [0.717, 1.165) is 0 Å². The van der Waals surface area contributed by atoms with E-state index in [9.17, 15) is 4.39 Å². The van der Waals surface area contributed by atoms with Crippen molar-refractivity contribution in [2.24, 2.45) is 0 Å². The van der Waals surface area contributed by atoms with Crippen molar-refractivity contribution in [1.82, 2.24) is 4.98 Å². The number of fused-ring (bicyclic) bond motifs is 1. The van der Waals surface area contributed by atoms with Crippen molar-refractivity contribution in [3.8, 4) is 6.07 Å². The Morgan fingerprint density at radius 1 is 1.38 bits per heavy atom. The van der Waals surface area contributed by atoms with Gasteiger partial charge in [-0.05, 0) is 18.2 Å². The molecule has 1 heterocycles. The van der Waals surface area contributed by atoms with Crippen molar-refractivity contribution in [2.45, 2.75) is 0 Å². The third kappa shape index (κ3) is 1.11. The van der Waals surface area contributed by atoms with Crippen molar-refractivity contribution in [2.75, 3.05) is 5.73 Å². The summed E-state index contributed by atoms with van der Waals surface area (Å²) in [7, 11) is 0. The Morgan fingerprint density at radius 2 is 2.15 bits per heavy atom. The van der Waals surface area contributed by atoms with Gasteiger partial charge in [-0.3, -0.25) is 0 Å². The summed E-state index contributed by atoms with van der Waals surface area (Å²) in [5, 5.41) is 9.26. The zero-order chi connectivity index (χ0) is 9.42. The molecule has 0 saturated carbocycles. The van der Waals surface area contributed by atoms with Crippen molar-refractivity contribution in [3.63, 3.8) is 0 Å². The summed E-state index contributed by atoms with van der Waals surface area (Å²) in [5.74, 6) is -0.406. The molecule has 0 aliphatic carbocycles. The number of nitrogen functional groups attached to an aromatic ring is 1. The van der Waals surface area contributed by atoms with E-state index in [1.165, 1.54) is 12.1 Å². The first kappa shape index (κ1) is 7.62. The number of nitrogens with two attached hydrogens (primary N) is 1. The first-order valence-corrected chi connectivity index (χ1v) is 3.68. The number of nitrogens with zero attached hydrogens (tertiary/aromatic N) is 1. The zero-order valence-corrected chi connectivity index (χ0v) is 6.63. The number of anilines is 1. The van der Waals surface area contributed by atoms with Gasteiger partial charge in [-0.2, -0.15) is 5.26 Å². The number of H-pyrrole nitrogens is 1. The highest BCUT2D eigenvalue weighted by Crippen LogP contribution is 2.22. The van der Waals surface area contributed by atoms with Crippen LogP contribution < -0.4 is 5.73 Å². The summed E-state index contributed by atoms with van der Waals surface area (Å²) in [4.78, 5) is 2.75. The number of hydrogen-bond acceptors (Lipinski definition) is 2. The first-order valence-electron chi connectivity index (χ1n) is 3.68. The van der Waals surface area contributed by atoms with Crippen LogP contribution in [-0.2, 0) is 0 Å². The molecule has 13 heavy (non-hydrogen) atoms. The molecule has 3 N–H and O–H groups in total. The highest BCUT2D eigenvalue weighted by atomic mass is 19.1. The van der Waals surface area contributed by atoms with E-state index in [2.05, 4.69) is 4.98 Å². The van der Waals surface area contributed by atoms with Gasteiger partial charge in [0.05, 0.1) is 5.52 Å². The minimum atomic E-state index is -0.406. The maximum Gasteiger partial charge on any atom is 0.127 e. The number of rotatable bonds is 0. The van der Waals surface area contributed by atoms with E-state index < -0.39 is 5.82 Å². The molecule has 0 bridgehead atoms. The molecule has 1 aromatic carbocycles. The highest BCUT2D eigenvalue weighted by molar-refractivity contribution is 5.92. The van der Waals surface area contributed by atoms with Gasteiger partial charge in [0.2, 0.25) is 0 Å². The van der Waals surface area contributed by atoms with Gasteiger partial charge < -0.3 is 10.7 Å². The summed E-state index contributed by atoms with van der Waals surface area (Å²) >= 11 is 0.